The molecule has 2 unspecified atom stereocenters. The van der Waals surface area contributed by atoms with E-state index in [1.54, 1.807) is 7.05 Å². The lowest BCUT2D eigenvalue weighted by atomic mass is 10.0. The first-order valence-electron chi connectivity index (χ1n) is 15.1. The molecule has 2 aliphatic heterocycles. The van der Waals surface area contributed by atoms with Crippen molar-refractivity contribution in [1.29, 1.82) is 0 Å². The maximum Gasteiger partial charge on any atom is 0.352 e. The Labute approximate surface area is 306 Å². The lowest BCUT2D eigenvalue weighted by molar-refractivity contribution is -0.150. The number of hydrogen-bond donors (Lipinski definition) is 8. The fourth-order valence-electron chi connectivity index (χ4n) is 5.19. The molecule has 2 aromatic heterocycles. The van der Waals surface area contributed by atoms with Crippen LogP contribution >= 0.6 is 23.5 Å². The van der Waals surface area contributed by atoms with Crippen LogP contribution < -0.4 is 32.0 Å². The van der Waals surface area contributed by atoms with Gasteiger partial charge in [0.15, 0.2) is 0 Å². The number of phenolic OH excluding ortho intramolecular Hbond substituents is 1. The highest BCUT2D eigenvalue weighted by molar-refractivity contribution is 8.01. The monoisotopic (exact) mass is 784 g/mol. The van der Waals surface area contributed by atoms with E-state index in [4.69, 9.17) is 5.14 Å². The summed E-state index contributed by atoms with van der Waals surface area (Å²) in [5, 5.41) is 45.9. The number of aromatic nitrogens is 6. The van der Waals surface area contributed by atoms with Crippen molar-refractivity contribution >= 4 is 74.7 Å². The molecule has 6 rings (SSSR count). The van der Waals surface area contributed by atoms with Gasteiger partial charge < -0.3 is 31.5 Å². The van der Waals surface area contributed by atoms with E-state index < -0.39 is 56.9 Å². The third-order valence-corrected chi connectivity index (χ3v) is 11.1. The number of β-lactam (4-membered cyclic amide) rings is 1. The molecule has 4 aromatic rings. The molecular formula is C29H28N12O9S3. The number of carboxylic acids is 1. The molecule has 24 heteroatoms. The first kappa shape index (κ1) is 36.8. The fraction of sp³-hybridized carbons (Fsp3) is 0.207. The van der Waals surface area contributed by atoms with Gasteiger partial charge in [0.25, 0.3) is 11.5 Å². The predicted octanol–water partition coefficient (Wildman–Crippen LogP) is -0.216. The number of urea groups is 1. The van der Waals surface area contributed by atoms with Gasteiger partial charge in [0.2, 0.25) is 27.0 Å². The number of thioether (sulfide) groups is 2. The van der Waals surface area contributed by atoms with E-state index in [1.165, 1.54) is 76.7 Å². The number of nitrogens with zero attached hydrogens (tertiary/aromatic N) is 6. The lowest BCUT2D eigenvalue weighted by Crippen LogP contribution is -2.71. The first-order valence-corrected chi connectivity index (χ1v) is 18.7. The number of carboxylic acid groups (broad SMARTS) is 1. The summed E-state index contributed by atoms with van der Waals surface area (Å²) in [6.45, 7) is 0. The van der Waals surface area contributed by atoms with Crippen molar-refractivity contribution in [2.45, 2.75) is 27.5 Å². The first-order chi connectivity index (χ1) is 25.2. The summed E-state index contributed by atoms with van der Waals surface area (Å²) in [6, 6.07) is 7.03. The number of amides is 4. The van der Waals surface area contributed by atoms with Gasteiger partial charge in [-0.25, -0.2) is 32.8 Å². The number of aliphatic carboxylic acids is 1. The normalized spacial score (nSPS) is 17.3. The Hall–Kier alpha value is -5.98. The number of aryl methyl sites for hydroxylation is 1. The van der Waals surface area contributed by atoms with Gasteiger partial charge in [0.1, 0.15) is 34.6 Å². The van der Waals surface area contributed by atoms with Crippen LogP contribution in [0.15, 0.2) is 80.8 Å². The number of aromatic amines is 1. The number of carbonyl (C=O) groups is 4. The molecule has 0 radical (unpaired) electrons. The number of aromatic hydroxyl groups is 1. The van der Waals surface area contributed by atoms with Crippen LogP contribution in [0.25, 0.3) is 0 Å². The van der Waals surface area contributed by atoms with Crippen molar-refractivity contribution in [2.75, 3.05) is 22.1 Å². The second-order valence-electron chi connectivity index (χ2n) is 11.3. The summed E-state index contributed by atoms with van der Waals surface area (Å²) < 4.78 is 24.4. The molecule has 4 heterocycles. The molecule has 53 heavy (non-hydrogen) atoms. The van der Waals surface area contributed by atoms with Crippen molar-refractivity contribution in [3.63, 3.8) is 0 Å². The van der Waals surface area contributed by atoms with Gasteiger partial charge in [-0.1, -0.05) is 23.9 Å². The molecule has 9 N–H and O–H groups in total. The van der Waals surface area contributed by atoms with Crippen LogP contribution in [0.5, 0.6) is 5.75 Å². The van der Waals surface area contributed by atoms with E-state index in [-0.39, 0.29) is 45.0 Å². The third kappa shape index (κ3) is 8.09. The SMILES string of the molecule is Cn1nnnc1SCC1=C(C(=O)O)N2C(=O)C(NC(=O)C(NC(=O)Nc3cnc(Nc4ccc(S(N)(=O)=O)cc4)[nH]c3=O)c3ccc(O)cc3)[C@@H]2SC1. The highest BCUT2D eigenvalue weighted by Crippen LogP contribution is 2.41. The number of rotatable bonds is 12. The average Bonchev–Trinajstić information content (AvgIpc) is 3.53. The number of sulfonamides is 1. The zero-order chi connectivity index (χ0) is 38.0. The van der Waals surface area contributed by atoms with Crippen molar-refractivity contribution < 1.29 is 37.8 Å². The smallest absolute Gasteiger partial charge is 0.352 e. The summed E-state index contributed by atoms with van der Waals surface area (Å²) >= 11 is 2.46. The van der Waals surface area contributed by atoms with Crippen molar-refractivity contribution in [3.8, 4) is 5.75 Å². The van der Waals surface area contributed by atoms with Crippen molar-refractivity contribution in [3.05, 3.63) is 81.9 Å². The number of carbonyl (C=O) groups excluding carboxylic acids is 3. The van der Waals surface area contributed by atoms with E-state index >= 15 is 0 Å². The molecule has 0 aliphatic carbocycles. The van der Waals surface area contributed by atoms with Crippen LogP contribution in [-0.4, -0.2) is 100 Å². The van der Waals surface area contributed by atoms with Crippen LogP contribution in [-0.2, 0) is 31.5 Å². The number of benzene rings is 2. The molecule has 276 valence electrons. The molecule has 21 nitrogen and oxygen atoms in total. The number of anilines is 3. The number of tetrazole rings is 1. The quantitative estimate of drug-likeness (QED) is 0.0680. The minimum Gasteiger partial charge on any atom is -0.508 e. The Kier molecular flexibility index (Phi) is 10.4. The van der Waals surface area contributed by atoms with Gasteiger partial charge in [0.05, 0.1) is 11.1 Å². The Bertz CT molecular complexity index is 2300. The minimum absolute atomic E-state index is 0.0417. The fourth-order valence-corrected chi connectivity index (χ4v) is 8.05. The van der Waals surface area contributed by atoms with Gasteiger partial charge in [0, 0.05) is 24.2 Å². The van der Waals surface area contributed by atoms with Crippen LogP contribution in [0.3, 0.4) is 0 Å². The van der Waals surface area contributed by atoms with Gasteiger partial charge in [-0.2, -0.15) is 0 Å². The van der Waals surface area contributed by atoms with Crippen LogP contribution in [0.1, 0.15) is 11.6 Å². The van der Waals surface area contributed by atoms with Gasteiger partial charge in [-0.05, 0) is 58.0 Å². The van der Waals surface area contributed by atoms with Crippen LogP contribution in [0, 0.1) is 0 Å². The van der Waals surface area contributed by atoms with Gasteiger partial charge in [-0.15, -0.1) is 16.9 Å². The van der Waals surface area contributed by atoms with E-state index in [2.05, 4.69) is 46.8 Å². The maximum atomic E-state index is 13.7. The molecule has 1 fully saturated rings. The number of hydrogen-bond acceptors (Lipinski definition) is 15. The van der Waals surface area contributed by atoms with E-state index in [0.717, 1.165) is 11.1 Å². The van der Waals surface area contributed by atoms with Crippen molar-refractivity contribution in [1.82, 2.24) is 45.7 Å². The topological polar surface area (TPSA) is 310 Å². The molecule has 2 aromatic carbocycles. The molecule has 2 aliphatic rings. The second-order valence-corrected chi connectivity index (χ2v) is 14.9. The zero-order valence-corrected chi connectivity index (χ0v) is 29.5. The molecule has 0 bridgehead atoms. The molecular weight excluding hydrogens is 757 g/mol. The third-order valence-electron chi connectivity index (χ3n) is 7.76. The Morgan fingerprint density at radius 1 is 1.13 bits per heavy atom. The summed E-state index contributed by atoms with van der Waals surface area (Å²) in [6.07, 6.45) is 1.04. The number of nitrogens with two attached hydrogens (primary N) is 1. The van der Waals surface area contributed by atoms with E-state index in [0.29, 0.717) is 16.4 Å². The molecule has 4 amide bonds. The number of primary sulfonamides is 1. The zero-order valence-electron chi connectivity index (χ0n) is 27.1. The number of phenols is 1. The summed E-state index contributed by atoms with van der Waals surface area (Å²) in [7, 11) is -2.27. The Morgan fingerprint density at radius 3 is 2.47 bits per heavy atom. The van der Waals surface area contributed by atoms with E-state index in [9.17, 15) is 42.6 Å². The second kappa shape index (κ2) is 14.9. The average molecular weight is 785 g/mol. The Balaban J connectivity index is 1.13. The predicted molar refractivity (Wildman–Crippen MR) is 188 cm³/mol. The highest BCUT2D eigenvalue weighted by Gasteiger charge is 2.54. The lowest BCUT2D eigenvalue weighted by Gasteiger charge is -2.49. The van der Waals surface area contributed by atoms with Crippen LogP contribution in [0.4, 0.5) is 22.1 Å². The molecule has 1 saturated heterocycles. The number of nitrogens with one attached hydrogen (secondary N) is 5. The molecule has 0 spiro atoms. The van der Waals surface area contributed by atoms with Gasteiger partial charge in [-0.3, -0.25) is 24.3 Å². The van der Waals surface area contributed by atoms with Crippen LogP contribution in [0.2, 0.25) is 0 Å². The minimum atomic E-state index is -3.91. The molecule has 3 atom stereocenters. The summed E-state index contributed by atoms with van der Waals surface area (Å²) in [5.74, 6) is -2.53. The number of fused-ring (bicyclic) bond motifs is 1. The number of H-pyrrole nitrogens is 1. The molecule has 0 saturated carbocycles. The van der Waals surface area contributed by atoms with E-state index in [1.807, 2.05) is 0 Å². The summed E-state index contributed by atoms with van der Waals surface area (Å²) in [5.41, 5.74) is -0.237. The summed E-state index contributed by atoms with van der Waals surface area (Å²) in [4.78, 5) is 72.6. The standard InChI is InChI=1S/C29H28N12O9S3/c1-40-29(37-38-39-40)52-12-14-11-51-25-20(24(45)41(25)21(14)26(46)47)34-23(44)19(13-2-6-16(42)7-3-13)35-28(48)33-18-10-31-27(36-22(18)43)32-15-4-8-17(9-5-15)53(30,49)50/h2-10,19-20,25,42H,11-12H2,1H3,(H,34,44)(H,46,47)(H2,30,49,50)(H2,33,35,48)(H2,31,32,36,43)/t19?,20?,25-/m0/s1. The largest absolute Gasteiger partial charge is 0.508 e. The highest BCUT2D eigenvalue weighted by atomic mass is 32.2. The van der Waals surface area contributed by atoms with Crippen molar-refractivity contribution in [2.24, 2.45) is 12.2 Å². The Morgan fingerprint density at radius 2 is 1.85 bits per heavy atom. The van der Waals surface area contributed by atoms with Gasteiger partial charge >= 0.3 is 12.0 Å². The maximum absolute atomic E-state index is 13.7.